The van der Waals surface area contributed by atoms with Gasteiger partial charge in [0, 0.05) is 5.56 Å². The Hall–Kier alpha value is -2.56. The number of nitrogens with zero attached hydrogens (tertiary/aromatic N) is 1. The van der Waals surface area contributed by atoms with Crippen molar-refractivity contribution in [1.82, 2.24) is 0 Å². The summed E-state index contributed by atoms with van der Waals surface area (Å²) in [6, 6.07) is 10.8. The molecule has 2 N–H and O–H groups in total. The Kier molecular flexibility index (Phi) is 4.20. The maximum atomic E-state index is 12.8. The first-order valence-corrected chi connectivity index (χ1v) is 6.03. The zero-order chi connectivity index (χ0) is 14.5. The van der Waals surface area contributed by atoms with E-state index in [1.807, 2.05) is 0 Å². The highest BCUT2D eigenvalue weighted by atomic mass is 19.1. The van der Waals surface area contributed by atoms with Gasteiger partial charge in [-0.3, -0.25) is 5.43 Å². The molecule has 0 heterocycles. The van der Waals surface area contributed by atoms with E-state index in [1.54, 1.807) is 44.4 Å². The first-order chi connectivity index (χ1) is 9.60. The average Bonchev–Trinajstić information content (AvgIpc) is 2.47. The zero-order valence-corrected chi connectivity index (χ0v) is 11.2. The fourth-order valence-electron chi connectivity index (χ4n) is 1.66. The second kappa shape index (κ2) is 6.06. The lowest BCUT2D eigenvalue weighted by Gasteiger charge is -2.07. The second-order valence-electron chi connectivity index (χ2n) is 4.20. The van der Waals surface area contributed by atoms with Crippen molar-refractivity contribution in [2.24, 2.45) is 5.10 Å². The van der Waals surface area contributed by atoms with Gasteiger partial charge in [0.2, 0.25) is 0 Å². The summed E-state index contributed by atoms with van der Waals surface area (Å²) in [6.07, 6.45) is 0. The lowest BCUT2D eigenvalue weighted by molar-refractivity contribution is 0.412. The van der Waals surface area contributed by atoms with Gasteiger partial charge >= 0.3 is 0 Å². The van der Waals surface area contributed by atoms with E-state index in [4.69, 9.17) is 4.74 Å². The topological polar surface area (TPSA) is 53.9 Å². The number of hydrogen-bond acceptors (Lipinski definition) is 4. The third-order valence-corrected chi connectivity index (χ3v) is 2.79. The number of hydrazone groups is 1. The van der Waals surface area contributed by atoms with Gasteiger partial charge in [0.25, 0.3) is 0 Å². The van der Waals surface area contributed by atoms with Gasteiger partial charge in [-0.15, -0.1) is 0 Å². The minimum Gasteiger partial charge on any atom is -0.507 e. The smallest absolute Gasteiger partial charge is 0.124 e. The Morgan fingerprint density at radius 1 is 1.20 bits per heavy atom. The Labute approximate surface area is 116 Å². The van der Waals surface area contributed by atoms with Crippen molar-refractivity contribution in [3.63, 3.8) is 0 Å². The molecule has 0 aromatic heterocycles. The number of rotatable bonds is 4. The van der Waals surface area contributed by atoms with E-state index in [9.17, 15) is 9.50 Å². The Bertz CT molecular complexity index is 624. The summed E-state index contributed by atoms with van der Waals surface area (Å²) in [5.41, 5.74) is 4.62. The first kappa shape index (κ1) is 13.9. The molecule has 0 amide bonds. The molecule has 0 unspecified atom stereocenters. The quantitative estimate of drug-likeness (QED) is 0.664. The monoisotopic (exact) mass is 274 g/mol. The molecule has 0 bridgehead atoms. The van der Waals surface area contributed by atoms with Gasteiger partial charge in [-0.05, 0) is 49.4 Å². The normalized spacial score (nSPS) is 11.2. The van der Waals surface area contributed by atoms with Crippen LogP contribution in [-0.2, 0) is 0 Å². The van der Waals surface area contributed by atoms with E-state index >= 15 is 0 Å². The van der Waals surface area contributed by atoms with Crippen LogP contribution in [0.4, 0.5) is 10.1 Å². The predicted octanol–water partition coefficient (Wildman–Crippen LogP) is 3.38. The van der Waals surface area contributed by atoms with Crippen molar-refractivity contribution in [2.45, 2.75) is 6.92 Å². The fourth-order valence-corrected chi connectivity index (χ4v) is 1.66. The molecule has 0 aliphatic heterocycles. The Morgan fingerprint density at radius 2 is 1.90 bits per heavy atom. The number of phenols is 1. The summed E-state index contributed by atoms with van der Waals surface area (Å²) in [6.45, 7) is 1.75. The molecule has 5 heteroatoms. The lowest BCUT2D eigenvalue weighted by atomic mass is 10.1. The van der Waals surface area contributed by atoms with Crippen LogP contribution in [0.25, 0.3) is 0 Å². The molecule has 0 saturated carbocycles. The molecule has 0 aliphatic rings. The van der Waals surface area contributed by atoms with Crippen LogP contribution in [0, 0.1) is 5.82 Å². The number of anilines is 1. The van der Waals surface area contributed by atoms with Crippen LogP contribution in [-0.4, -0.2) is 17.9 Å². The minimum absolute atomic E-state index is 0.118. The van der Waals surface area contributed by atoms with Crippen molar-refractivity contribution in [3.05, 3.63) is 53.8 Å². The van der Waals surface area contributed by atoms with Gasteiger partial charge in [0.1, 0.15) is 17.3 Å². The van der Waals surface area contributed by atoms with Gasteiger partial charge in [0.05, 0.1) is 18.5 Å². The van der Waals surface area contributed by atoms with Gasteiger partial charge < -0.3 is 9.84 Å². The van der Waals surface area contributed by atoms with Crippen LogP contribution in [0.2, 0.25) is 0 Å². The summed E-state index contributed by atoms with van der Waals surface area (Å²) in [7, 11) is 1.55. The van der Waals surface area contributed by atoms with E-state index in [1.165, 1.54) is 12.1 Å². The molecule has 0 atom stereocenters. The number of aromatic hydroxyl groups is 1. The van der Waals surface area contributed by atoms with Gasteiger partial charge in [-0.25, -0.2) is 4.39 Å². The van der Waals surface area contributed by atoms with E-state index in [0.29, 0.717) is 22.7 Å². The molecule has 0 aliphatic carbocycles. The molecule has 20 heavy (non-hydrogen) atoms. The molecule has 0 spiro atoms. The summed E-state index contributed by atoms with van der Waals surface area (Å²) in [5.74, 6) is 0.448. The van der Waals surface area contributed by atoms with Gasteiger partial charge in [-0.1, -0.05) is 0 Å². The highest BCUT2D eigenvalue weighted by Gasteiger charge is 2.06. The number of halogens is 1. The summed E-state index contributed by atoms with van der Waals surface area (Å²) < 4.78 is 17.9. The highest BCUT2D eigenvalue weighted by Crippen LogP contribution is 2.23. The maximum absolute atomic E-state index is 12.8. The van der Waals surface area contributed by atoms with E-state index in [0.717, 1.165) is 0 Å². The van der Waals surface area contributed by atoms with Crippen LogP contribution in [0.5, 0.6) is 11.5 Å². The third-order valence-electron chi connectivity index (χ3n) is 2.79. The van der Waals surface area contributed by atoms with E-state index < -0.39 is 0 Å². The molecule has 104 valence electrons. The van der Waals surface area contributed by atoms with Crippen molar-refractivity contribution in [2.75, 3.05) is 12.5 Å². The van der Waals surface area contributed by atoms with Crippen LogP contribution in [0.15, 0.2) is 47.6 Å². The summed E-state index contributed by atoms with van der Waals surface area (Å²) in [5, 5.41) is 14.0. The molecule has 2 aromatic carbocycles. The maximum Gasteiger partial charge on any atom is 0.124 e. The molecule has 4 nitrogen and oxygen atoms in total. The fraction of sp³-hybridized carbons (Fsp3) is 0.133. The molecule has 2 aromatic rings. The average molecular weight is 274 g/mol. The van der Waals surface area contributed by atoms with E-state index in [-0.39, 0.29) is 11.6 Å². The highest BCUT2D eigenvalue weighted by molar-refractivity contribution is 6.01. The largest absolute Gasteiger partial charge is 0.507 e. The van der Waals surface area contributed by atoms with Crippen LogP contribution < -0.4 is 10.2 Å². The SMILES string of the molecule is COc1ccc(O)c(/C(C)=N/Nc2ccc(F)cc2)c1. The van der Waals surface area contributed by atoms with Crippen molar-refractivity contribution < 1.29 is 14.2 Å². The van der Waals surface area contributed by atoms with Gasteiger partial charge in [0.15, 0.2) is 0 Å². The van der Waals surface area contributed by atoms with Crippen molar-refractivity contribution in [1.29, 1.82) is 0 Å². The van der Waals surface area contributed by atoms with Crippen LogP contribution >= 0.6 is 0 Å². The van der Waals surface area contributed by atoms with Crippen LogP contribution in [0.1, 0.15) is 12.5 Å². The number of methoxy groups -OCH3 is 1. The summed E-state index contributed by atoms with van der Waals surface area (Å²) >= 11 is 0. The number of phenolic OH excluding ortho intramolecular Hbond substituents is 1. The second-order valence-corrected chi connectivity index (χ2v) is 4.20. The van der Waals surface area contributed by atoms with Crippen molar-refractivity contribution >= 4 is 11.4 Å². The lowest BCUT2D eigenvalue weighted by Crippen LogP contribution is -2.00. The van der Waals surface area contributed by atoms with Crippen molar-refractivity contribution in [3.8, 4) is 11.5 Å². The first-order valence-electron chi connectivity index (χ1n) is 6.03. The van der Waals surface area contributed by atoms with E-state index in [2.05, 4.69) is 10.5 Å². The number of hydrogen-bond donors (Lipinski definition) is 2. The zero-order valence-electron chi connectivity index (χ0n) is 11.2. The molecule has 0 radical (unpaired) electrons. The van der Waals surface area contributed by atoms with Crippen LogP contribution in [0.3, 0.4) is 0 Å². The van der Waals surface area contributed by atoms with Gasteiger partial charge in [-0.2, -0.15) is 5.10 Å². The number of nitrogens with one attached hydrogen (secondary N) is 1. The number of benzene rings is 2. The third kappa shape index (κ3) is 3.26. The molecule has 0 saturated heterocycles. The number of ether oxygens (including phenoxy) is 1. The minimum atomic E-state index is -0.304. The Morgan fingerprint density at radius 3 is 2.55 bits per heavy atom. The summed E-state index contributed by atoms with van der Waals surface area (Å²) in [4.78, 5) is 0. The molecule has 0 fully saturated rings. The molecule has 2 rings (SSSR count). The Balaban J connectivity index is 2.19. The molecular formula is C15H15FN2O2. The standard InChI is InChI=1S/C15H15FN2O2/c1-10(14-9-13(20-2)7-8-15(14)19)17-18-12-5-3-11(16)4-6-12/h3-9,18-19H,1-2H3/b17-10+. The molecular weight excluding hydrogens is 259 g/mol. The predicted molar refractivity (Wildman–Crippen MR) is 76.9 cm³/mol.